The van der Waals surface area contributed by atoms with E-state index in [1.807, 2.05) is 35.0 Å². The molecular weight excluding hydrogens is 334 g/mol. The predicted molar refractivity (Wildman–Crippen MR) is 92.5 cm³/mol. The molecule has 8 heteroatoms. The quantitative estimate of drug-likeness (QED) is 0.776. The lowest BCUT2D eigenvalue weighted by molar-refractivity contribution is 0.174. The van der Waals surface area contributed by atoms with Crippen molar-refractivity contribution in [2.45, 2.75) is 18.5 Å². The second kappa shape index (κ2) is 5.91. The van der Waals surface area contributed by atoms with E-state index >= 15 is 0 Å². The maximum atomic E-state index is 5.52. The molecule has 0 saturated carbocycles. The molecule has 2 aromatic carbocycles. The van der Waals surface area contributed by atoms with Crippen molar-refractivity contribution in [3.8, 4) is 17.2 Å². The Morgan fingerprint density at radius 2 is 1.88 bits per heavy atom. The van der Waals surface area contributed by atoms with Gasteiger partial charge < -0.3 is 19.5 Å². The highest BCUT2D eigenvalue weighted by molar-refractivity contribution is 5.47. The van der Waals surface area contributed by atoms with Crippen molar-refractivity contribution in [1.82, 2.24) is 20.2 Å². The highest BCUT2D eigenvalue weighted by atomic mass is 16.7. The van der Waals surface area contributed by atoms with Gasteiger partial charge in [0, 0.05) is 0 Å². The summed E-state index contributed by atoms with van der Waals surface area (Å²) in [6, 6.07) is 14.1. The van der Waals surface area contributed by atoms with E-state index in [2.05, 4.69) is 33.0 Å². The lowest BCUT2D eigenvalue weighted by Gasteiger charge is -2.31. The number of hydrogen-bond donors (Lipinski definition) is 1. The van der Waals surface area contributed by atoms with Gasteiger partial charge in [-0.1, -0.05) is 23.3 Å². The van der Waals surface area contributed by atoms with Gasteiger partial charge in [0.2, 0.25) is 12.7 Å². The van der Waals surface area contributed by atoms with Gasteiger partial charge in [-0.2, -0.15) is 0 Å². The summed E-state index contributed by atoms with van der Waals surface area (Å²) in [5.74, 6) is 3.02. The number of aromatic nitrogens is 4. The Morgan fingerprint density at radius 1 is 1.08 bits per heavy atom. The van der Waals surface area contributed by atoms with Crippen molar-refractivity contribution in [2.24, 2.45) is 0 Å². The fourth-order valence-electron chi connectivity index (χ4n) is 3.49. The Morgan fingerprint density at radius 3 is 2.73 bits per heavy atom. The van der Waals surface area contributed by atoms with Gasteiger partial charge in [-0.25, -0.2) is 4.68 Å². The fraction of sp³-hybridized carbons (Fsp3) is 0.278. The van der Waals surface area contributed by atoms with Crippen LogP contribution in [0.5, 0.6) is 17.2 Å². The summed E-state index contributed by atoms with van der Waals surface area (Å²) in [7, 11) is 1.66. The van der Waals surface area contributed by atoms with Gasteiger partial charge in [0.25, 0.3) is 0 Å². The van der Waals surface area contributed by atoms with E-state index in [0.29, 0.717) is 5.95 Å². The average molecular weight is 351 g/mol. The molecule has 26 heavy (non-hydrogen) atoms. The molecule has 8 nitrogen and oxygen atoms in total. The third-order valence-corrected chi connectivity index (χ3v) is 4.85. The van der Waals surface area contributed by atoms with E-state index in [1.165, 1.54) is 0 Å². The molecule has 5 rings (SSSR count). The van der Waals surface area contributed by atoms with Crippen LogP contribution in [-0.2, 0) is 0 Å². The molecule has 2 atom stereocenters. The first-order valence-corrected chi connectivity index (χ1v) is 8.40. The van der Waals surface area contributed by atoms with Crippen LogP contribution in [-0.4, -0.2) is 34.1 Å². The molecule has 1 N–H and O–H groups in total. The second-order valence-corrected chi connectivity index (χ2v) is 6.28. The molecule has 132 valence electrons. The number of methoxy groups -OCH3 is 1. The maximum absolute atomic E-state index is 5.52. The van der Waals surface area contributed by atoms with E-state index < -0.39 is 0 Å². The molecule has 0 amide bonds. The first kappa shape index (κ1) is 15.0. The monoisotopic (exact) mass is 351 g/mol. The summed E-state index contributed by atoms with van der Waals surface area (Å²) in [4.78, 5) is 0. The molecule has 0 saturated heterocycles. The molecular formula is C18H17N5O3. The van der Waals surface area contributed by atoms with E-state index in [-0.39, 0.29) is 18.9 Å². The van der Waals surface area contributed by atoms with Crippen molar-refractivity contribution in [3.05, 3.63) is 53.6 Å². The molecule has 0 fully saturated rings. The molecule has 3 heterocycles. The van der Waals surface area contributed by atoms with Gasteiger partial charge in [0.15, 0.2) is 11.5 Å². The smallest absolute Gasteiger partial charge is 0.243 e. The standard InChI is InChI=1S/C18H17N5O3/c1-24-13-5-2-11(3-6-13)14-9-15(23-18(19-14)20-21-22-23)12-4-7-16-17(8-12)26-10-25-16/h2-8,14-15H,9-10H2,1H3,(H,19,20,22)/t14-,15-/m1/s1. The van der Waals surface area contributed by atoms with Gasteiger partial charge in [-0.15, -0.1) is 0 Å². The number of benzene rings is 2. The molecule has 1 aromatic heterocycles. The zero-order chi connectivity index (χ0) is 17.5. The minimum absolute atomic E-state index is 0.00264. The van der Waals surface area contributed by atoms with Gasteiger partial charge in [0.05, 0.1) is 19.2 Å². The minimum atomic E-state index is 0.00264. The van der Waals surface area contributed by atoms with Crippen LogP contribution in [0.2, 0.25) is 0 Å². The van der Waals surface area contributed by atoms with Crippen LogP contribution in [0.15, 0.2) is 42.5 Å². The van der Waals surface area contributed by atoms with Crippen LogP contribution in [0.1, 0.15) is 29.6 Å². The number of rotatable bonds is 3. The lowest BCUT2D eigenvalue weighted by atomic mass is 9.93. The van der Waals surface area contributed by atoms with E-state index in [4.69, 9.17) is 14.2 Å². The highest BCUT2D eigenvalue weighted by Crippen LogP contribution is 2.41. The van der Waals surface area contributed by atoms with Crippen LogP contribution in [0.4, 0.5) is 5.95 Å². The summed E-state index contributed by atoms with van der Waals surface area (Å²) >= 11 is 0. The minimum Gasteiger partial charge on any atom is -0.497 e. The SMILES string of the molecule is COc1ccc([C@H]2C[C@H](c3ccc4c(c3)OCO4)n3nnnc3N2)cc1. The number of anilines is 1. The highest BCUT2D eigenvalue weighted by Gasteiger charge is 2.31. The molecule has 2 aliphatic heterocycles. The number of nitrogens with zero attached hydrogens (tertiary/aromatic N) is 4. The third kappa shape index (κ3) is 2.42. The normalized spacial score (nSPS) is 20.3. The first-order chi connectivity index (χ1) is 12.8. The van der Waals surface area contributed by atoms with Gasteiger partial charge in [-0.3, -0.25) is 0 Å². The molecule has 0 spiro atoms. The van der Waals surface area contributed by atoms with Crippen molar-refractivity contribution < 1.29 is 14.2 Å². The van der Waals surface area contributed by atoms with Crippen LogP contribution < -0.4 is 19.5 Å². The third-order valence-electron chi connectivity index (χ3n) is 4.85. The number of ether oxygens (including phenoxy) is 3. The average Bonchev–Trinajstić information content (AvgIpc) is 3.35. The van der Waals surface area contributed by atoms with Crippen LogP contribution in [0.25, 0.3) is 0 Å². The summed E-state index contributed by atoms with van der Waals surface area (Å²) in [5, 5.41) is 15.5. The zero-order valence-electron chi connectivity index (χ0n) is 14.1. The number of nitrogens with one attached hydrogen (secondary N) is 1. The van der Waals surface area contributed by atoms with Crippen molar-refractivity contribution >= 4 is 5.95 Å². The molecule has 0 bridgehead atoms. The number of hydrogen-bond acceptors (Lipinski definition) is 7. The van der Waals surface area contributed by atoms with Crippen molar-refractivity contribution in [3.63, 3.8) is 0 Å². The fourth-order valence-corrected chi connectivity index (χ4v) is 3.49. The summed E-state index contributed by atoms with van der Waals surface area (Å²) in [6.45, 7) is 0.260. The predicted octanol–water partition coefficient (Wildman–Crippen LogP) is 2.56. The Kier molecular flexibility index (Phi) is 3.41. The molecule has 2 aliphatic rings. The van der Waals surface area contributed by atoms with E-state index in [9.17, 15) is 0 Å². The van der Waals surface area contributed by atoms with Crippen molar-refractivity contribution in [1.29, 1.82) is 0 Å². The maximum Gasteiger partial charge on any atom is 0.243 e. The van der Waals surface area contributed by atoms with Gasteiger partial charge in [0.1, 0.15) is 5.75 Å². The Bertz CT molecular complexity index is 940. The number of fused-ring (bicyclic) bond motifs is 2. The molecule has 0 unspecified atom stereocenters. The first-order valence-electron chi connectivity index (χ1n) is 8.40. The van der Waals surface area contributed by atoms with E-state index in [1.54, 1.807) is 7.11 Å². The van der Waals surface area contributed by atoms with Gasteiger partial charge in [-0.05, 0) is 52.2 Å². The van der Waals surface area contributed by atoms with E-state index in [0.717, 1.165) is 34.8 Å². The molecule has 3 aromatic rings. The largest absolute Gasteiger partial charge is 0.497 e. The molecule has 0 aliphatic carbocycles. The second-order valence-electron chi connectivity index (χ2n) is 6.28. The summed E-state index contributed by atoms with van der Waals surface area (Å²) < 4.78 is 18.0. The van der Waals surface area contributed by atoms with Crippen LogP contribution in [0.3, 0.4) is 0 Å². The summed E-state index contributed by atoms with van der Waals surface area (Å²) in [5.41, 5.74) is 2.24. The topological polar surface area (TPSA) is 83.3 Å². The zero-order valence-corrected chi connectivity index (χ0v) is 14.1. The van der Waals surface area contributed by atoms with Gasteiger partial charge >= 0.3 is 0 Å². The van der Waals surface area contributed by atoms with Crippen LogP contribution in [0, 0.1) is 0 Å². The Hall–Kier alpha value is -3.29. The summed E-state index contributed by atoms with van der Waals surface area (Å²) in [6.07, 6.45) is 0.810. The number of tetrazole rings is 1. The molecule has 0 radical (unpaired) electrons. The Labute approximate surface area is 149 Å². The Balaban J connectivity index is 1.50. The lowest BCUT2D eigenvalue weighted by Crippen LogP contribution is -2.28. The van der Waals surface area contributed by atoms with Crippen molar-refractivity contribution in [2.75, 3.05) is 19.2 Å². The van der Waals surface area contributed by atoms with Crippen LogP contribution >= 0.6 is 0 Å².